The predicted octanol–water partition coefficient (Wildman–Crippen LogP) is 4.04. The Labute approximate surface area is 178 Å². The van der Waals surface area contributed by atoms with Crippen molar-refractivity contribution in [2.24, 2.45) is 0 Å². The maximum absolute atomic E-state index is 12.6. The van der Waals surface area contributed by atoms with Gasteiger partial charge in [0, 0.05) is 13.1 Å². The van der Waals surface area contributed by atoms with E-state index in [-0.39, 0.29) is 4.47 Å². The van der Waals surface area contributed by atoms with Crippen molar-refractivity contribution in [3.63, 3.8) is 0 Å². The number of carbonyl (C=O) groups is 1. The van der Waals surface area contributed by atoms with E-state index in [4.69, 9.17) is 4.74 Å². The van der Waals surface area contributed by atoms with E-state index in [9.17, 15) is 14.9 Å². The van der Waals surface area contributed by atoms with E-state index in [1.807, 2.05) is 24.3 Å². The van der Waals surface area contributed by atoms with Crippen molar-refractivity contribution in [1.82, 2.24) is 9.78 Å². The molecule has 8 heteroatoms. The first-order chi connectivity index (χ1) is 13.7. The third-order valence-corrected chi connectivity index (χ3v) is 5.57. The van der Waals surface area contributed by atoms with Gasteiger partial charge in [-0.15, -0.1) is 4.68 Å². The Morgan fingerprint density at radius 3 is 2.55 bits per heavy atom. The quantitative estimate of drug-likeness (QED) is 0.674. The number of nitriles is 1. The molecule has 1 saturated heterocycles. The Balaban J connectivity index is 1.76. The number of aromatic nitrogens is 2. The van der Waals surface area contributed by atoms with Crippen LogP contribution in [0.2, 0.25) is 0 Å². The summed E-state index contributed by atoms with van der Waals surface area (Å²) in [7, 11) is 0. The fraction of sp³-hybridized carbons (Fsp3) is 0.429. The van der Waals surface area contributed by atoms with Gasteiger partial charge in [0.15, 0.2) is 0 Å². The Bertz CT molecular complexity index is 1010. The summed E-state index contributed by atoms with van der Waals surface area (Å²) in [5.41, 5.74) is 1.18. The van der Waals surface area contributed by atoms with Gasteiger partial charge < -0.3 is 9.64 Å². The van der Waals surface area contributed by atoms with Gasteiger partial charge in [-0.25, -0.2) is 4.79 Å². The van der Waals surface area contributed by atoms with Crippen LogP contribution in [0.1, 0.15) is 50.7 Å². The molecule has 0 saturated carbocycles. The van der Waals surface area contributed by atoms with Crippen molar-refractivity contribution >= 4 is 27.7 Å². The normalized spacial score (nSPS) is 15.1. The van der Waals surface area contributed by atoms with E-state index in [1.54, 1.807) is 20.8 Å². The number of hydrogen-bond acceptors (Lipinski definition) is 6. The van der Waals surface area contributed by atoms with Crippen LogP contribution in [0.25, 0.3) is 0 Å². The van der Waals surface area contributed by atoms with Gasteiger partial charge in [-0.1, -0.05) is 18.2 Å². The fourth-order valence-corrected chi connectivity index (χ4v) is 3.99. The molecule has 152 valence electrons. The number of nitrogens with zero attached hydrogens (tertiary/aromatic N) is 4. The molecule has 7 nitrogen and oxygen atoms in total. The molecule has 0 spiro atoms. The van der Waals surface area contributed by atoms with Crippen LogP contribution >= 0.6 is 15.9 Å². The van der Waals surface area contributed by atoms with Crippen molar-refractivity contribution in [1.29, 1.82) is 5.26 Å². The summed E-state index contributed by atoms with van der Waals surface area (Å²) in [5.74, 6) is 0.302. The number of hydrogen-bond donors (Lipinski definition) is 0. The number of piperidine rings is 1. The summed E-state index contributed by atoms with van der Waals surface area (Å²) in [6.45, 7) is 6.64. The van der Waals surface area contributed by atoms with E-state index >= 15 is 0 Å². The first-order valence-corrected chi connectivity index (χ1v) is 10.3. The monoisotopic (exact) mass is 458 g/mol. The number of carbonyl (C=O) groups excluding carboxylic acids is 1. The van der Waals surface area contributed by atoms with Crippen molar-refractivity contribution in [3.8, 4) is 6.07 Å². The molecule has 2 aromatic rings. The van der Waals surface area contributed by atoms with Crippen LogP contribution < -0.4 is 10.5 Å². The van der Waals surface area contributed by atoms with Crippen LogP contribution in [0.4, 0.5) is 10.5 Å². The Morgan fingerprint density at radius 1 is 1.28 bits per heavy atom. The first-order valence-electron chi connectivity index (χ1n) is 9.46. The smallest absolute Gasteiger partial charge is 0.438 e. The van der Waals surface area contributed by atoms with Crippen LogP contribution in [0.3, 0.4) is 0 Å². The van der Waals surface area contributed by atoms with Crippen LogP contribution in [0, 0.1) is 11.3 Å². The highest BCUT2D eigenvalue weighted by Crippen LogP contribution is 2.33. The molecular weight excluding hydrogens is 436 g/mol. The zero-order valence-corrected chi connectivity index (χ0v) is 18.3. The van der Waals surface area contributed by atoms with Crippen LogP contribution in [0.5, 0.6) is 0 Å². The van der Waals surface area contributed by atoms with Crippen LogP contribution in [0.15, 0.2) is 39.7 Å². The van der Waals surface area contributed by atoms with Gasteiger partial charge in [0.25, 0.3) is 5.56 Å². The van der Waals surface area contributed by atoms with Crippen molar-refractivity contribution < 1.29 is 9.53 Å². The summed E-state index contributed by atoms with van der Waals surface area (Å²) >= 11 is 3.33. The van der Waals surface area contributed by atoms with Crippen molar-refractivity contribution in [2.75, 3.05) is 18.0 Å². The molecule has 0 amide bonds. The highest BCUT2D eigenvalue weighted by atomic mass is 79.9. The van der Waals surface area contributed by atoms with Crippen molar-refractivity contribution in [2.45, 2.75) is 45.1 Å². The van der Waals surface area contributed by atoms with Gasteiger partial charge >= 0.3 is 6.09 Å². The molecule has 1 aliphatic rings. The van der Waals surface area contributed by atoms with Crippen LogP contribution in [-0.4, -0.2) is 34.6 Å². The molecule has 2 heterocycles. The molecular formula is C21H23BrN4O3. The lowest BCUT2D eigenvalue weighted by atomic mass is 9.86. The largest absolute Gasteiger partial charge is 0.442 e. The number of benzene rings is 1. The minimum atomic E-state index is -0.804. The van der Waals surface area contributed by atoms with E-state index in [2.05, 4.69) is 32.0 Å². The van der Waals surface area contributed by atoms with Gasteiger partial charge in [0.1, 0.15) is 10.1 Å². The lowest BCUT2D eigenvalue weighted by Gasteiger charge is -2.34. The lowest BCUT2D eigenvalue weighted by molar-refractivity contribution is 0.0505. The molecule has 0 atom stereocenters. The van der Waals surface area contributed by atoms with E-state index < -0.39 is 17.3 Å². The second-order valence-corrected chi connectivity index (χ2v) is 8.79. The molecule has 0 aliphatic carbocycles. The van der Waals surface area contributed by atoms with Gasteiger partial charge in [-0.3, -0.25) is 4.79 Å². The number of anilines is 1. The summed E-state index contributed by atoms with van der Waals surface area (Å²) in [4.78, 5) is 26.9. The third-order valence-electron chi connectivity index (χ3n) is 4.82. The van der Waals surface area contributed by atoms with Crippen molar-refractivity contribution in [3.05, 3.63) is 56.4 Å². The van der Waals surface area contributed by atoms with Gasteiger partial charge in [0.05, 0.1) is 23.5 Å². The predicted molar refractivity (Wildman–Crippen MR) is 113 cm³/mol. The zero-order chi connectivity index (χ0) is 21.2. The molecule has 1 aromatic carbocycles. The molecule has 0 radical (unpaired) electrons. The standard InChI is InChI=1S/C21H23BrN4O3/c1-21(2,3)29-20(28)26-19(27)18(22)17(13-24-26)25-10-8-14(9-11-25)16-7-5-4-6-15(16)12-23/h4-7,13-14H,8-11H2,1-3H3. The highest BCUT2D eigenvalue weighted by molar-refractivity contribution is 9.10. The Kier molecular flexibility index (Phi) is 6.08. The second kappa shape index (κ2) is 8.37. The molecule has 3 rings (SSSR count). The summed E-state index contributed by atoms with van der Waals surface area (Å²) in [6.07, 6.45) is 2.43. The van der Waals surface area contributed by atoms with E-state index in [0.29, 0.717) is 17.2 Å². The van der Waals surface area contributed by atoms with Crippen LogP contribution in [-0.2, 0) is 4.74 Å². The SMILES string of the molecule is CC(C)(C)OC(=O)n1ncc(N2CCC(c3ccccc3C#N)CC2)c(Br)c1=O. The maximum Gasteiger partial charge on any atom is 0.438 e. The third kappa shape index (κ3) is 4.67. The lowest BCUT2D eigenvalue weighted by Crippen LogP contribution is -2.38. The molecule has 1 aliphatic heterocycles. The summed E-state index contributed by atoms with van der Waals surface area (Å²) in [5, 5.41) is 13.4. The molecule has 1 aromatic heterocycles. The Morgan fingerprint density at radius 2 is 1.93 bits per heavy atom. The summed E-state index contributed by atoms with van der Waals surface area (Å²) < 4.78 is 6.25. The number of ether oxygens (including phenoxy) is 1. The number of halogens is 1. The zero-order valence-electron chi connectivity index (χ0n) is 16.7. The van der Waals surface area contributed by atoms with Gasteiger partial charge in [0.2, 0.25) is 0 Å². The molecule has 0 N–H and O–H groups in total. The average molecular weight is 459 g/mol. The summed E-state index contributed by atoms with van der Waals surface area (Å²) in [6, 6.07) is 9.96. The minimum Gasteiger partial charge on any atom is -0.442 e. The van der Waals surface area contributed by atoms with Gasteiger partial charge in [-0.05, 0) is 67.1 Å². The maximum atomic E-state index is 12.6. The minimum absolute atomic E-state index is 0.286. The fourth-order valence-electron chi connectivity index (χ4n) is 3.47. The molecule has 0 unspecified atom stereocenters. The van der Waals surface area contributed by atoms with E-state index in [0.717, 1.165) is 36.2 Å². The number of rotatable bonds is 2. The molecule has 29 heavy (non-hydrogen) atoms. The van der Waals surface area contributed by atoms with E-state index in [1.165, 1.54) is 6.20 Å². The van der Waals surface area contributed by atoms with Gasteiger partial charge in [-0.2, -0.15) is 10.4 Å². The second-order valence-electron chi connectivity index (χ2n) is 8.00. The first kappa shape index (κ1) is 21.1. The molecule has 0 bridgehead atoms. The topological polar surface area (TPSA) is 88.2 Å². The average Bonchev–Trinajstić information content (AvgIpc) is 2.69. The molecule has 1 fully saturated rings. The highest BCUT2D eigenvalue weighted by Gasteiger charge is 2.26. The Hall–Kier alpha value is -2.66.